The van der Waals surface area contributed by atoms with E-state index in [-0.39, 0.29) is 5.56 Å². The van der Waals surface area contributed by atoms with Crippen LogP contribution in [0.5, 0.6) is 0 Å². The van der Waals surface area contributed by atoms with Gasteiger partial charge in [0, 0.05) is 18.7 Å². The third-order valence-electron chi connectivity index (χ3n) is 3.94. The summed E-state index contributed by atoms with van der Waals surface area (Å²) in [6, 6.07) is 2.73. The summed E-state index contributed by atoms with van der Waals surface area (Å²) in [6.07, 6.45) is 1.10. The molecule has 0 aliphatic carbocycles. The molecule has 18 heavy (non-hydrogen) atoms. The summed E-state index contributed by atoms with van der Waals surface area (Å²) in [5.41, 5.74) is 0.172. The molecular formula is C14H18BrF2N. The van der Waals surface area contributed by atoms with Crippen molar-refractivity contribution in [3.8, 4) is 0 Å². The summed E-state index contributed by atoms with van der Waals surface area (Å²) in [4.78, 5) is 2.14. The van der Waals surface area contributed by atoms with Gasteiger partial charge in [-0.15, -0.1) is 0 Å². The maximum absolute atomic E-state index is 13.9. The van der Waals surface area contributed by atoms with Crippen molar-refractivity contribution < 1.29 is 8.78 Å². The number of rotatable bonds is 2. The minimum atomic E-state index is -0.471. The zero-order chi connectivity index (χ0) is 13.3. The molecule has 1 aromatic rings. The second-order valence-corrected chi connectivity index (χ2v) is 6.15. The molecule has 4 heteroatoms. The van der Waals surface area contributed by atoms with E-state index in [9.17, 15) is 8.78 Å². The zero-order valence-corrected chi connectivity index (χ0v) is 12.3. The van der Waals surface area contributed by atoms with Crippen molar-refractivity contribution in [1.82, 2.24) is 4.90 Å². The molecule has 0 radical (unpaired) electrons. The zero-order valence-electron chi connectivity index (χ0n) is 10.7. The van der Waals surface area contributed by atoms with Gasteiger partial charge >= 0.3 is 0 Å². The first kappa shape index (κ1) is 13.9. The molecule has 2 rings (SSSR count). The third kappa shape index (κ3) is 2.91. The van der Waals surface area contributed by atoms with E-state index < -0.39 is 11.6 Å². The second kappa shape index (κ2) is 5.66. The Labute approximate surface area is 115 Å². The van der Waals surface area contributed by atoms with E-state index in [4.69, 9.17) is 0 Å². The van der Waals surface area contributed by atoms with Crippen LogP contribution in [-0.4, -0.2) is 18.0 Å². The van der Waals surface area contributed by atoms with Crippen molar-refractivity contribution in [1.29, 1.82) is 0 Å². The van der Waals surface area contributed by atoms with Gasteiger partial charge in [0.1, 0.15) is 11.6 Å². The minimum absolute atomic E-state index is 0.172. The second-order valence-electron chi connectivity index (χ2n) is 5.30. The molecule has 1 nitrogen and oxygen atoms in total. The maximum atomic E-state index is 13.9. The lowest BCUT2D eigenvalue weighted by atomic mass is 9.88. The van der Waals surface area contributed by atoms with Gasteiger partial charge in [-0.05, 0) is 52.9 Å². The van der Waals surface area contributed by atoms with Gasteiger partial charge in [0.05, 0.1) is 4.47 Å². The Morgan fingerprint density at radius 2 is 2.00 bits per heavy atom. The smallest absolute Gasteiger partial charge is 0.144 e. The summed E-state index contributed by atoms with van der Waals surface area (Å²) in [7, 11) is 0. The Kier molecular flexibility index (Phi) is 4.38. The van der Waals surface area contributed by atoms with E-state index in [0.717, 1.165) is 19.5 Å². The highest BCUT2D eigenvalue weighted by Gasteiger charge is 2.24. The van der Waals surface area contributed by atoms with Crippen LogP contribution in [0.3, 0.4) is 0 Å². The molecular weight excluding hydrogens is 300 g/mol. The minimum Gasteiger partial charge on any atom is -0.299 e. The standard InChI is InChI=1S/C14H18BrF2N/c1-9-5-6-18(7-10(9)2)8-11-13(16)4-3-12(15)14(11)17/h3-4,9-10H,5-8H2,1-2H3. The lowest BCUT2D eigenvalue weighted by Crippen LogP contribution is -2.38. The molecule has 0 N–H and O–H groups in total. The normalized spacial score (nSPS) is 25.4. The van der Waals surface area contributed by atoms with Gasteiger partial charge in [0.15, 0.2) is 0 Å². The van der Waals surface area contributed by atoms with Gasteiger partial charge in [-0.3, -0.25) is 4.90 Å². The van der Waals surface area contributed by atoms with E-state index in [0.29, 0.717) is 22.9 Å². The lowest BCUT2D eigenvalue weighted by molar-refractivity contribution is 0.129. The van der Waals surface area contributed by atoms with Crippen molar-refractivity contribution in [3.05, 3.63) is 33.8 Å². The number of nitrogens with zero attached hydrogens (tertiary/aromatic N) is 1. The van der Waals surface area contributed by atoms with Crippen LogP contribution in [-0.2, 0) is 6.54 Å². The van der Waals surface area contributed by atoms with Gasteiger partial charge in [-0.2, -0.15) is 0 Å². The molecule has 100 valence electrons. The van der Waals surface area contributed by atoms with E-state index in [1.807, 2.05) is 0 Å². The number of benzene rings is 1. The Hall–Kier alpha value is -0.480. The van der Waals surface area contributed by atoms with Crippen LogP contribution in [0.25, 0.3) is 0 Å². The van der Waals surface area contributed by atoms with Gasteiger partial charge in [0.25, 0.3) is 0 Å². The fourth-order valence-electron chi connectivity index (χ4n) is 2.43. The van der Waals surface area contributed by atoms with Crippen molar-refractivity contribution in [2.45, 2.75) is 26.8 Å². The van der Waals surface area contributed by atoms with Gasteiger partial charge in [-0.25, -0.2) is 8.78 Å². The highest BCUT2D eigenvalue weighted by Crippen LogP contribution is 2.27. The molecule has 1 aliphatic rings. The van der Waals surface area contributed by atoms with E-state index >= 15 is 0 Å². The van der Waals surface area contributed by atoms with Gasteiger partial charge < -0.3 is 0 Å². The van der Waals surface area contributed by atoms with Crippen LogP contribution in [0.15, 0.2) is 16.6 Å². The number of halogens is 3. The molecule has 0 aromatic heterocycles. The van der Waals surface area contributed by atoms with Crippen LogP contribution in [0.4, 0.5) is 8.78 Å². The number of piperidine rings is 1. The summed E-state index contributed by atoms with van der Waals surface area (Å²) in [5.74, 6) is 0.346. The molecule has 1 aliphatic heterocycles. The lowest BCUT2D eigenvalue weighted by Gasteiger charge is -2.35. The van der Waals surface area contributed by atoms with E-state index in [2.05, 4.69) is 34.7 Å². The summed E-state index contributed by atoms with van der Waals surface area (Å²) < 4.78 is 27.9. The first-order valence-electron chi connectivity index (χ1n) is 6.33. The molecule has 2 atom stereocenters. The molecule has 1 aromatic carbocycles. The van der Waals surface area contributed by atoms with Crippen LogP contribution < -0.4 is 0 Å². The van der Waals surface area contributed by atoms with Crippen molar-refractivity contribution in [2.75, 3.05) is 13.1 Å². The van der Waals surface area contributed by atoms with Crippen LogP contribution in [0.2, 0.25) is 0 Å². The van der Waals surface area contributed by atoms with Gasteiger partial charge in [0.2, 0.25) is 0 Å². The van der Waals surface area contributed by atoms with E-state index in [1.165, 1.54) is 12.1 Å². The van der Waals surface area contributed by atoms with Gasteiger partial charge in [-0.1, -0.05) is 13.8 Å². The molecule has 1 heterocycles. The summed E-state index contributed by atoms with van der Waals surface area (Å²) in [5, 5.41) is 0. The molecule has 0 saturated carbocycles. The maximum Gasteiger partial charge on any atom is 0.144 e. The van der Waals surface area contributed by atoms with Crippen LogP contribution in [0, 0.1) is 23.5 Å². The molecule has 1 saturated heterocycles. The topological polar surface area (TPSA) is 3.24 Å². The SMILES string of the molecule is CC1CCN(Cc2c(F)ccc(Br)c2F)CC1C. The fourth-order valence-corrected chi connectivity index (χ4v) is 2.80. The largest absolute Gasteiger partial charge is 0.299 e. The van der Waals surface area contributed by atoms with E-state index in [1.54, 1.807) is 0 Å². The number of likely N-dealkylation sites (tertiary alicyclic amines) is 1. The predicted molar refractivity (Wildman–Crippen MR) is 72.3 cm³/mol. The van der Waals surface area contributed by atoms with Crippen molar-refractivity contribution in [3.63, 3.8) is 0 Å². The Morgan fingerprint density at radius 1 is 1.28 bits per heavy atom. The average molecular weight is 318 g/mol. The number of hydrogen-bond donors (Lipinski definition) is 0. The summed E-state index contributed by atoms with van der Waals surface area (Å²) >= 11 is 3.11. The Balaban J connectivity index is 2.13. The molecule has 0 bridgehead atoms. The molecule has 0 amide bonds. The molecule has 1 fully saturated rings. The predicted octanol–water partition coefficient (Wildman–Crippen LogP) is 4.21. The fraction of sp³-hybridized carbons (Fsp3) is 0.571. The molecule has 0 spiro atoms. The molecule has 2 unspecified atom stereocenters. The van der Waals surface area contributed by atoms with Crippen molar-refractivity contribution in [2.24, 2.45) is 11.8 Å². The Morgan fingerprint density at radius 3 is 2.67 bits per heavy atom. The van der Waals surface area contributed by atoms with Crippen molar-refractivity contribution >= 4 is 15.9 Å². The third-order valence-corrected chi connectivity index (χ3v) is 4.55. The first-order valence-corrected chi connectivity index (χ1v) is 7.13. The quantitative estimate of drug-likeness (QED) is 0.739. The highest BCUT2D eigenvalue weighted by molar-refractivity contribution is 9.10. The summed E-state index contributed by atoms with van der Waals surface area (Å²) in [6.45, 7) is 6.62. The Bertz CT molecular complexity index is 436. The van der Waals surface area contributed by atoms with Crippen LogP contribution >= 0.6 is 15.9 Å². The number of hydrogen-bond acceptors (Lipinski definition) is 1. The average Bonchev–Trinajstić information content (AvgIpc) is 2.34. The van der Waals surface area contributed by atoms with Crippen LogP contribution in [0.1, 0.15) is 25.8 Å². The highest BCUT2D eigenvalue weighted by atomic mass is 79.9. The monoisotopic (exact) mass is 317 g/mol. The first-order chi connectivity index (χ1) is 8.49.